The maximum absolute atomic E-state index is 11.0. The topological polar surface area (TPSA) is 66.8 Å². The summed E-state index contributed by atoms with van der Waals surface area (Å²) < 4.78 is 15.7. The second-order valence-corrected chi connectivity index (χ2v) is 10.0. The molecular weight excluding hydrogens is 558 g/mol. The summed E-state index contributed by atoms with van der Waals surface area (Å²) in [6.07, 6.45) is 0.236. The average molecular weight is 574 g/mol. The lowest BCUT2D eigenvalue weighted by molar-refractivity contribution is 0.106. The Morgan fingerprint density at radius 2 is 1.58 bits per heavy atom. The molecule has 4 nitrogen and oxygen atoms in total. The number of halogens is 5. The molecule has 0 saturated carbocycles. The predicted octanol–water partition coefficient (Wildman–Crippen LogP) is 4.56. The van der Waals surface area contributed by atoms with Crippen molar-refractivity contribution in [2.24, 2.45) is 0 Å². The first kappa shape index (κ1) is 21.3. The van der Waals surface area contributed by atoms with Crippen LogP contribution in [0.15, 0.2) is 0 Å². The summed E-state index contributed by atoms with van der Waals surface area (Å²) in [5, 5.41) is 1.37. The average Bonchev–Trinajstić information content (AvgIpc) is 2.26. The molecule has 0 fully saturated rings. The van der Waals surface area contributed by atoms with Gasteiger partial charge in [-0.25, -0.2) is 4.57 Å². The molecule has 0 aliphatic heterocycles. The van der Waals surface area contributed by atoms with Gasteiger partial charge >= 0.3 is 7.82 Å². The molecular formula is C9H16Br4ClO4P. The number of rotatable bonds is 9. The van der Waals surface area contributed by atoms with Gasteiger partial charge in [0.25, 0.3) is 0 Å². The van der Waals surface area contributed by atoms with Crippen molar-refractivity contribution in [3.63, 3.8) is 0 Å². The third-order valence-corrected chi connectivity index (χ3v) is 8.28. The van der Waals surface area contributed by atoms with Gasteiger partial charge in [-0.1, -0.05) is 63.7 Å². The van der Waals surface area contributed by atoms with Gasteiger partial charge in [-0.15, -0.1) is 11.6 Å². The van der Waals surface area contributed by atoms with Crippen molar-refractivity contribution in [3.05, 3.63) is 0 Å². The SMILES string of the molecule is CC(OP(=O)(O)O)C(Cl)(CC(Br)CBr)CC(Br)CBr. The van der Waals surface area contributed by atoms with E-state index < -0.39 is 18.8 Å². The normalized spacial score (nSPS) is 20.6. The van der Waals surface area contributed by atoms with Crippen molar-refractivity contribution in [2.75, 3.05) is 10.7 Å². The summed E-state index contributed by atoms with van der Waals surface area (Å²) in [5.74, 6) is 0. The summed E-state index contributed by atoms with van der Waals surface area (Å²) in [6.45, 7) is 1.58. The van der Waals surface area contributed by atoms with Crippen LogP contribution in [0.2, 0.25) is 0 Å². The summed E-state index contributed by atoms with van der Waals surface area (Å²) in [4.78, 5) is 17.1. The van der Waals surface area contributed by atoms with Crippen LogP contribution in [0, 0.1) is 0 Å². The first-order valence-corrected chi connectivity index (χ1v) is 11.3. The highest BCUT2D eigenvalue weighted by molar-refractivity contribution is 9.12. The van der Waals surface area contributed by atoms with Gasteiger partial charge in [0.15, 0.2) is 0 Å². The first-order chi connectivity index (χ1) is 8.54. The maximum Gasteiger partial charge on any atom is 0.469 e. The molecule has 0 aromatic carbocycles. The number of hydrogen-bond donors (Lipinski definition) is 2. The fourth-order valence-electron chi connectivity index (χ4n) is 1.56. The van der Waals surface area contributed by atoms with Crippen LogP contribution in [-0.2, 0) is 9.09 Å². The van der Waals surface area contributed by atoms with Crippen molar-refractivity contribution in [1.82, 2.24) is 0 Å². The third-order valence-electron chi connectivity index (χ3n) is 2.48. The van der Waals surface area contributed by atoms with Crippen LogP contribution in [0.4, 0.5) is 0 Å². The fraction of sp³-hybridized carbons (Fsp3) is 1.00. The van der Waals surface area contributed by atoms with E-state index in [1.54, 1.807) is 6.92 Å². The molecule has 0 radical (unpaired) electrons. The van der Waals surface area contributed by atoms with Gasteiger partial charge in [-0.2, -0.15) is 0 Å². The quantitative estimate of drug-likeness (QED) is 0.313. The minimum atomic E-state index is -4.56. The highest BCUT2D eigenvalue weighted by Crippen LogP contribution is 2.45. The van der Waals surface area contributed by atoms with Gasteiger partial charge in [-0.3, -0.25) is 4.52 Å². The molecule has 0 aromatic rings. The zero-order chi connectivity index (χ0) is 15.3. The van der Waals surface area contributed by atoms with Crippen LogP contribution >= 0.6 is 83.1 Å². The van der Waals surface area contributed by atoms with Gasteiger partial charge in [0, 0.05) is 20.3 Å². The van der Waals surface area contributed by atoms with Crippen LogP contribution in [0.5, 0.6) is 0 Å². The zero-order valence-corrected chi connectivity index (χ0v) is 18.1. The third kappa shape index (κ3) is 9.14. The van der Waals surface area contributed by atoms with E-state index in [0.29, 0.717) is 23.5 Å². The van der Waals surface area contributed by atoms with Crippen LogP contribution in [0.25, 0.3) is 0 Å². The predicted molar refractivity (Wildman–Crippen MR) is 93.4 cm³/mol. The van der Waals surface area contributed by atoms with Gasteiger partial charge in [0.05, 0.1) is 11.0 Å². The molecule has 3 unspecified atom stereocenters. The maximum atomic E-state index is 11.0. The monoisotopic (exact) mass is 570 g/mol. The lowest BCUT2D eigenvalue weighted by atomic mass is 9.92. The van der Waals surface area contributed by atoms with Gasteiger partial charge in [0.1, 0.15) is 0 Å². The smallest absolute Gasteiger partial charge is 0.303 e. The number of phosphoric ester groups is 1. The molecule has 116 valence electrons. The molecule has 10 heteroatoms. The molecule has 0 saturated heterocycles. The second-order valence-electron chi connectivity index (χ2n) is 4.18. The van der Waals surface area contributed by atoms with E-state index in [4.69, 9.17) is 25.9 Å². The molecule has 0 bridgehead atoms. The molecule has 0 heterocycles. The largest absolute Gasteiger partial charge is 0.469 e. The van der Waals surface area contributed by atoms with Crippen LogP contribution in [-0.4, -0.2) is 41.1 Å². The Kier molecular flexibility index (Phi) is 10.6. The molecule has 0 spiro atoms. The summed E-state index contributed by atoms with van der Waals surface area (Å²) >= 11 is 20.2. The molecule has 0 aliphatic carbocycles. The Morgan fingerprint density at radius 3 is 1.84 bits per heavy atom. The molecule has 3 atom stereocenters. The second kappa shape index (κ2) is 9.46. The molecule has 19 heavy (non-hydrogen) atoms. The van der Waals surface area contributed by atoms with E-state index in [9.17, 15) is 4.57 Å². The Hall–Kier alpha value is 2.32. The van der Waals surface area contributed by atoms with E-state index in [0.717, 1.165) is 0 Å². The Labute approximate surface area is 152 Å². The minimum absolute atomic E-state index is 0.0860. The Bertz CT molecular complexity index is 305. The van der Waals surface area contributed by atoms with E-state index in [2.05, 4.69) is 63.7 Å². The standard InChI is InChI=1S/C9H16Br4ClO4P/c1-6(18-19(15,16)17)9(14,2-7(12)4-10)3-8(13)5-11/h6-8H,2-5H2,1H3,(H2,15,16,17). The zero-order valence-electron chi connectivity index (χ0n) is 10.1. The molecule has 2 N–H and O–H groups in total. The van der Waals surface area contributed by atoms with Crippen molar-refractivity contribution < 1.29 is 18.9 Å². The number of alkyl halides is 5. The summed E-state index contributed by atoms with van der Waals surface area (Å²) in [5.41, 5.74) is 0. The van der Waals surface area contributed by atoms with E-state index in [-0.39, 0.29) is 9.65 Å². The lowest BCUT2D eigenvalue weighted by Crippen LogP contribution is -2.41. The molecule has 0 amide bonds. The van der Waals surface area contributed by atoms with E-state index >= 15 is 0 Å². The fourth-order valence-corrected chi connectivity index (χ4v) is 4.64. The highest BCUT2D eigenvalue weighted by Gasteiger charge is 2.41. The van der Waals surface area contributed by atoms with Crippen LogP contribution in [0.1, 0.15) is 19.8 Å². The molecule has 0 rings (SSSR count). The number of phosphoric acid groups is 1. The van der Waals surface area contributed by atoms with Gasteiger partial charge in [0.2, 0.25) is 0 Å². The van der Waals surface area contributed by atoms with Crippen molar-refractivity contribution in [1.29, 1.82) is 0 Å². The van der Waals surface area contributed by atoms with Crippen molar-refractivity contribution in [3.8, 4) is 0 Å². The van der Waals surface area contributed by atoms with Crippen molar-refractivity contribution in [2.45, 2.75) is 40.4 Å². The summed E-state index contributed by atoms with van der Waals surface area (Å²) in [6, 6.07) is 0. The van der Waals surface area contributed by atoms with E-state index in [1.807, 2.05) is 0 Å². The number of hydrogen-bond acceptors (Lipinski definition) is 2. The molecule has 0 aliphatic rings. The Balaban J connectivity index is 4.96. The summed E-state index contributed by atoms with van der Waals surface area (Å²) in [7, 11) is -4.56. The lowest BCUT2D eigenvalue weighted by Gasteiger charge is -2.35. The van der Waals surface area contributed by atoms with Gasteiger partial charge in [-0.05, 0) is 19.8 Å². The van der Waals surface area contributed by atoms with E-state index in [1.165, 1.54) is 0 Å². The van der Waals surface area contributed by atoms with Gasteiger partial charge < -0.3 is 9.79 Å². The minimum Gasteiger partial charge on any atom is -0.303 e. The first-order valence-electron chi connectivity index (χ1n) is 5.37. The Morgan fingerprint density at radius 1 is 1.21 bits per heavy atom. The van der Waals surface area contributed by atoms with Crippen molar-refractivity contribution >= 4 is 83.1 Å². The van der Waals surface area contributed by atoms with Crippen LogP contribution < -0.4 is 0 Å². The molecule has 0 aromatic heterocycles. The highest BCUT2D eigenvalue weighted by atomic mass is 79.9. The van der Waals surface area contributed by atoms with Crippen LogP contribution in [0.3, 0.4) is 0 Å².